The molecule has 1 aromatic heterocycles. The predicted molar refractivity (Wildman–Crippen MR) is 189 cm³/mol. The largest absolute Gasteiger partial charge is 0.495 e. The number of aromatic nitrogens is 1. The Bertz CT molecular complexity index is 1590. The molecule has 6 rings (SSSR count). The highest BCUT2D eigenvalue weighted by atomic mass is 32.1. The molecular formula is C37H48N4O4S. The summed E-state index contributed by atoms with van der Waals surface area (Å²) in [6, 6.07) is 21.1. The van der Waals surface area contributed by atoms with Crippen LogP contribution in [0.15, 0.2) is 65.5 Å². The van der Waals surface area contributed by atoms with Gasteiger partial charge in [-0.05, 0) is 91.7 Å². The predicted octanol–water partition coefficient (Wildman–Crippen LogP) is 7.35. The van der Waals surface area contributed by atoms with E-state index in [1.807, 2.05) is 6.07 Å². The monoisotopic (exact) mass is 644 g/mol. The summed E-state index contributed by atoms with van der Waals surface area (Å²) >= 11 is 1.26. The number of carbonyl (C=O) groups excluding carboxylic acids is 1. The Balaban J connectivity index is 0.000000284. The first-order chi connectivity index (χ1) is 22.5. The first-order valence-electron chi connectivity index (χ1n) is 16.8. The number of hydrogen-bond acceptors (Lipinski definition) is 7. The number of fused-ring (bicyclic) bond motifs is 2. The molecule has 3 aromatic rings. The number of nitrogens with zero attached hydrogens (tertiary/aromatic N) is 1. The van der Waals surface area contributed by atoms with Crippen LogP contribution in [0.25, 0.3) is 32.5 Å². The van der Waals surface area contributed by atoms with Gasteiger partial charge in [0, 0.05) is 13.1 Å². The van der Waals surface area contributed by atoms with Crippen molar-refractivity contribution in [2.45, 2.75) is 70.3 Å². The van der Waals surface area contributed by atoms with Crippen LogP contribution in [0.2, 0.25) is 0 Å². The first-order valence-corrected chi connectivity index (χ1v) is 17.6. The average Bonchev–Trinajstić information content (AvgIpc) is 3.45. The van der Waals surface area contributed by atoms with Crippen LogP contribution < -0.4 is 20.7 Å². The van der Waals surface area contributed by atoms with Gasteiger partial charge in [-0.2, -0.15) is 0 Å². The van der Waals surface area contributed by atoms with E-state index >= 15 is 0 Å². The first kappa shape index (κ1) is 33.7. The lowest BCUT2D eigenvalue weighted by molar-refractivity contribution is 0.0558. The van der Waals surface area contributed by atoms with Crippen LogP contribution >= 0.6 is 11.3 Å². The number of ether oxygens (including phenoxy) is 2. The SMILES string of the molecule is COc1ccc(CCNCCCCCCCCCN2CCC(OC(N)=O)CC2)c2sc(=O)[nH]c12.c1ccc(-c2cc3ccc2-3)cc1. The number of methoxy groups -OCH3 is 1. The summed E-state index contributed by atoms with van der Waals surface area (Å²) in [7, 11) is 1.63. The second-order valence-corrected chi connectivity index (χ2v) is 13.2. The van der Waals surface area contributed by atoms with Crippen molar-refractivity contribution < 1.29 is 14.3 Å². The maximum atomic E-state index is 11.8. The zero-order valence-electron chi connectivity index (χ0n) is 27.0. The molecule has 9 heteroatoms. The van der Waals surface area contributed by atoms with Gasteiger partial charge in [-0.25, -0.2) is 4.79 Å². The van der Waals surface area contributed by atoms with Gasteiger partial charge < -0.3 is 30.4 Å². The molecule has 2 heterocycles. The number of likely N-dealkylation sites (tertiary alicyclic amines) is 1. The van der Waals surface area contributed by atoms with E-state index in [-0.39, 0.29) is 11.0 Å². The van der Waals surface area contributed by atoms with Gasteiger partial charge in [-0.15, -0.1) is 0 Å². The number of nitrogens with one attached hydrogen (secondary N) is 2. The number of piperidine rings is 1. The standard InChI is InChI=1S/C25H40N4O4S.C12H8/c1-32-21-10-9-19(23-22(21)28-25(31)34-23)11-15-27-14-7-5-3-2-4-6-8-16-29-17-12-20(13-18-29)33-24(26)30;1-2-4-9(5-3-1)12-8-10-6-7-11(10)12/h9-10,20,27H,2-8,11-18H2,1H3,(H2,26,30)(H,28,31);1-8H. The second kappa shape index (κ2) is 17.3. The summed E-state index contributed by atoms with van der Waals surface area (Å²) in [5.41, 5.74) is 12.7. The number of H-pyrrole nitrogens is 1. The normalized spacial score (nSPS) is 14.1. The number of amides is 1. The van der Waals surface area contributed by atoms with Crippen molar-refractivity contribution in [3.05, 3.63) is 75.9 Å². The molecule has 0 radical (unpaired) electrons. The fraction of sp³-hybridized carbons (Fsp3) is 0.459. The zero-order chi connectivity index (χ0) is 32.1. The van der Waals surface area contributed by atoms with Gasteiger partial charge in [-0.3, -0.25) is 4.79 Å². The lowest BCUT2D eigenvalue weighted by Gasteiger charge is -2.31. The van der Waals surface area contributed by atoms with Crippen LogP contribution in [0, 0.1) is 0 Å². The Morgan fingerprint density at radius 1 is 0.913 bits per heavy atom. The van der Waals surface area contributed by atoms with Crippen molar-refractivity contribution in [2.24, 2.45) is 5.73 Å². The summed E-state index contributed by atoms with van der Waals surface area (Å²) in [6.45, 7) is 5.10. The van der Waals surface area contributed by atoms with E-state index in [2.05, 4.69) is 69.8 Å². The number of thiazole rings is 1. The molecule has 0 bridgehead atoms. The van der Waals surface area contributed by atoms with E-state index < -0.39 is 6.09 Å². The minimum atomic E-state index is -0.652. The number of carbonyl (C=O) groups is 1. The lowest BCUT2D eigenvalue weighted by Crippen LogP contribution is -2.39. The third kappa shape index (κ3) is 9.44. The molecular weight excluding hydrogens is 596 g/mol. The Labute approximate surface area is 276 Å². The van der Waals surface area contributed by atoms with Crippen LogP contribution in [0.4, 0.5) is 4.79 Å². The maximum absolute atomic E-state index is 11.8. The maximum Gasteiger partial charge on any atom is 0.404 e. The van der Waals surface area contributed by atoms with Crippen molar-refractivity contribution in [3.63, 3.8) is 0 Å². The van der Waals surface area contributed by atoms with Crippen molar-refractivity contribution >= 4 is 27.6 Å². The molecule has 46 heavy (non-hydrogen) atoms. The molecule has 0 unspecified atom stereocenters. The number of primary amides is 1. The van der Waals surface area contributed by atoms with Gasteiger partial charge in [0.2, 0.25) is 0 Å². The second-order valence-electron chi connectivity index (χ2n) is 12.2. The topological polar surface area (TPSA) is 110 Å². The summed E-state index contributed by atoms with van der Waals surface area (Å²) < 4.78 is 11.4. The third-order valence-electron chi connectivity index (χ3n) is 8.97. The number of aromatic amines is 1. The summed E-state index contributed by atoms with van der Waals surface area (Å²) in [5, 5.41) is 3.54. The molecule has 0 saturated carbocycles. The highest BCUT2D eigenvalue weighted by Gasteiger charge is 2.21. The molecule has 2 aromatic carbocycles. The molecule has 4 N–H and O–H groups in total. The molecule has 1 fully saturated rings. The highest BCUT2D eigenvalue weighted by Crippen LogP contribution is 2.43. The van der Waals surface area contributed by atoms with Crippen LogP contribution in [0.3, 0.4) is 0 Å². The third-order valence-corrected chi connectivity index (χ3v) is 9.93. The average molecular weight is 645 g/mol. The number of nitrogens with two attached hydrogens (primary N) is 1. The smallest absolute Gasteiger partial charge is 0.404 e. The number of benzene rings is 3. The molecule has 1 amide bonds. The Morgan fingerprint density at radius 3 is 2.30 bits per heavy atom. The van der Waals surface area contributed by atoms with Crippen LogP contribution in [-0.2, 0) is 11.2 Å². The van der Waals surface area contributed by atoms with Crippen LogP contribution in [-0.4, -0.2) is 61.9 Å². The number of rotatable bonds is 16. The fourth-order valence-electron chi connectivity index (χ4n) is 6.31. The Morgan fingerprint density at radius 2 is 1.65 bits per heavy atom. The van der Waals surface area contributed by atoms with Gasteiger partial charge in [-0.1, -0.05) is 92.0 Å². The molecule has 3 aliphatic rings. The minimum absolute atomic E-state index is 0.00775. The van der Waals surface area contributed by atoms with Gasteiger partial charge in [0.15, 0.2) is 0 Å². The van der Waals surface area contributed by atoms with E-state index in [1.165, 1.54) is 84.1 Å². The summed E-state index contributed by atoms with van der Waals surface area (Å²) in [4.78, 5) is 27.9. The van der Waals surface area contributed by atoms with Gasteiger partial charge >= 0.3 is 11.0 Å². The molecule has 0 atom stereocenters. The van der Waals surface area contributed by atoms with E-state index in [0.29, 0.717) is 0 Å². The van der Waals surface area contributed by atoms with E-state index in [9.17, 15) is 9.59 Å². The van der Waals surface area contributed by atoms with E-state index in [0.717, 1.165) is 68.0 Å². The van der Waals surface area contributed by atoms with Crippen molar-refractivity contribution in [2.75, 3.05) is 39.8 Å². The molecule has 2 aliphatic carbocycles. The lowest BCUT2D eigenvalue weighted by atomic mass is 9.83. The van der Waals surface area contributed by atoms with Crippen molar-refractivity contribution in [1.29, 1.82) is 0 Å². The molecule has 0 spiro atoms. The fourth-order valence-corrected chi connectivity index (χ4v) is 7.20. The Hall–Kier alpha value is -3.66. The van der Waals surface area contributed by atoms with E-state index in [4.69, 9.17) is 15.2 Å². The minimum Gasteiger partial charge on any atom is -0.495 e. The molecule has 8 nitrogen and oxygen atoms in total. The zero-order valence-corrected chi connectivity index (χ0v) is 27.8. The molecule has 1 saturated heterocycles. The highest BCUT2D eigenvalue weighted by molar-refractivity contribution is 7.16. The molecule has 1 aliphatic heterocycles. The number of hydrogen-bond donors (Lipinski definition) is 3. The van der Waals surface area contributed by atoms with Crippen molar-refractivity contribution in [3.8, 4) is 28.0 Å². The van der Waals surface area contributed by atoms with Crippen LogP contribution in [0.1, 0.15) is 63.4 Å². The van der Waals surface area contributed by atoms with Gasteiger partial charge in [0.1, 0.15) is 17.4 Å². The Kier molecular flexibility index (Phi) is 12.7. The number of unbranched alkanes of at least 4 members (excludes halogenated alkanes) is 6. The van der Waals surface area contributed by atoms with Crippen molar-refractivity contribution in [1.82, 2.24) is 15.2 Å². The van der Waals surface area contributed by atoms with E-state index in [1.54, 1.807) is 7.11 Å². The summed E-state index contributed by atoms with van der Waals surface area (Å²) in [6.07, 6.45) is 11.0. The van der Waals surface area contributed by atoms with Crippen LogP contribution in [0.5, 0.6) is 5.75 Å². The van der Waals surface area contributed by atoms with Gasteiger partial charge in [0.25, 0.3) is 0 Å². The molecule has 246 valence electrons. The summed E-state index contributed by atoms with van der Waals surface area (Å²) in [5.74, 6) is 0.724. The van der Waals surface area contributed by atoms with Gasteiger partial charge in [0.05, 0.1) is 11.8 Å². The quantitative estimate of drug-likeness (QED) is 0.0969.